The molecule has 0 aliphatic heterocycles. The average molecular weight is 278 g/mol. The molecule has 2 rings (SSSR count). The van der Waals surface area contributed by atoms with Crippen molar-refractivity contribution in [2.24, 2.45) is 0 Å². The average Bonchev–Trinajstić information content (AvgIpc) is 2.85. The molecule has 0 saturated carbocycles. The molecule has 19 heavy (non-hydrogen) atoms. The lowest BCUT2D eigenvalue weighted by molar-refractivity contribution is 0.404. The van der Waals surface area contributed by atoms with Crippen LogP contribution in [-0.4, -0.2) is 19.2 Å². The van der Waals surface area contributed by atoms with E-state index in [4.69, 9.17) is 9.47 Å². The van der Waals surface area contributed by atoms with Crippen LogP contribution in [0.25, 0.3) is 0 Å². The minimum atomic E-state index is 0.175. The number of anilines is 1. The summed E-state index contributed by atoms with van der Waals surface area (Å²) in [4.78, 5) is 5.50. The minimum absolute atomic E-state index is 0.175. The normalized spacial score (nSPS) is 12.0. The number of aryl methyl sites for hydroxylation is 1. The minimum Gasteiger partial charge on any atom is -0.497 e. The van der Waals surface area contributed by atoms with Gasteiger partial charge in [0.2, 0.25) is 0 Å². The zero-order valence-electron chi connectivity index (χ0n) is 11.6. The van der Waals surface area contributed by atoms with Gasteiger partial charge in [-0.05, 0) is 26.0 Å². The second kappa shape index (κ2) is 5.93. The van der Waals surface area contributed by atoms with Crippen molar-refractivity contribution >= 4 is 17.0 Å². The smallest absolute Gasteiger partial charge is 0.142 e. The highest BCUT2D eigenvalue weighted by Crippen LogP contribution is 2.33. The molecule has 2 aromatic rings. The number of ether oxygens (including phenoxy) is 2. The predicted molar refractivity (Wildman–Crippen MR) is 78.4 cm³/mol. The number of hydrogen-bond acceptors (Lipinski definition) is 5. The zero-order chi connectivity index (χ0) is 13.8. The van der Waals surface area contributed by atoms with Gasteiger partial charge in [0.25, 0.3) is 0 Å². The maximum atomic E-state index is 5.36. The SMILES string of the molecule is COc1ccc(OC)c(NC(C)c2scnc2C)c1. The molecule has 0 amide bonds. The number of thiazole rings is 1. The Morgan fingerprint density at radius 2 is 2.05 bits per heavy atom. The molecule has 1 heterocycles. The molecule has 1 aromatic heterocycles. The number of rotatable bonds is 5. The summed E-state index contributed by atoms with van der Waals surface area (Å²) in [6, 6.07) is 5.89. The molecule has 102 valence electrons. The van der Waals surface area contributed by atoms with Crippen molar-refractivity contribution in [2.45, 2.75) is 19.9 Å². The van der Waals surface area contributed by atoms with E-state index >= 15 is 0 Å². The molecule has 0 aliphatic carbocycles. The molecule has 0 fully saturated rings. The Balaban J connectivity index is 2.24. The summed E-state index contributed by atoms with van der Waals surface area (Å²) >= 11 is 1.65. The molecule has 1 N–H and O–H groups in total. The summed E-state index contributed by atoms with van der Waals surface area (Å²) in [5, 5.41) is 3.44. The number of nitrogens with one attached hydrogen (secondary N) is 1. The van der Waals surface area contributed by atoms with Gasteiger partial charge in [-0.3, -0.25) is 0 Å². The molecule has 0 radical (unpaired) electrons. The van der Waals surface area contributed by atoms with Gasteiger partial charge in [0, 0.05) is 10.9 Å². The van der Waals surface area contributed by atoms with Crippen LogP contribution in [0.2, 0.25) is 0 Å². The molecule has 4 nitrogen and oxygen atoms in total. The Hall–Kier alpha value is -1.75. The quantitative estimate of drug-likeness (QED) is 0.906. The van der Waals surface area contributed by atoms with Gasteiger partial charge in [0.15, 0.2) is 0 Å². The lowest BCUT2D eigenvalue weighted by Crippen LogP contribution is -2.07. The zero-order valence-corrected chi connectivity index (χ0v) is 12.4. The van der Waals surface area contributed by atoms with Gasteiger partial charge in [-0.2, -0.15) is 0 Å². The Kier molecular flexibility index (Phi) is 4.27. The van der Waals surface area contributed by atoms with Crippen molar-refractivity contribution in [2.75, 3.05) is 19.5 Å². The van der Waals surface area contributed by atoms with Crippen molar-refractivity contribution in [3.63, 3.8) is 0 Å². The molecule has 0 aliphatic rings. The van der Waals surface area contributed by atoms with Crippen LogP contribution in [-0.2, 0) is 0 Å². The Bertz CT molecular complexity index is 554. The number of benzene rings is 1. The second-order valence-corrected chi connectivity index (χ2v) is 5.12. The van der Waals surface area contributed by atoms with E-state index in [-0.39, 0.29) is 6.04 Å². The third-order valence-corrected chi connectivity index (χ3v) is 4.07. The van der Waals surface area contributed by atoms with Crippen LogP contribution in [0.5, 0.6) is 11.5 Å². The lowest BCUT2D eigenvalue weighted by Gasteiger charge is -2.17. The lowest BCUT2D eigenvalue weighted by atomic mass is 10.2. The maximum absolute atomic E-state index is 5.36. The van der Waals surface area contributed by atoms with Crippen LogP contribution in [0.3, 0.4) is 0 Å². The fourth-order valence-corrected chi connectivity index (χ4v) is 2.76. The first-order chi connectivity index (χ1) is 9.15. The van der Waals surface area contributed by atoms with Crippen LogP contribution >= 0.6 is 11.3 Å². The summed E-state index contributed by atoms with van der Waals surface area (Å²) in [7, 11) is 3.32. The van der Waals surface area contributed by atoms with Crippen molar-refractivity contribution in [1.82, 2.24) is 4.98 Å². The highest BCUT2D eigenvalue weighted by Gasteiger charge is 2.13. The summed E-state index contributed by atoms with van der Waals surface area (Å²) < 4.78 is 10.6. The summed E-state index contributed by atoms with van der Waals surface area (Å²) in [5.74, 6) is 1.60. The molecule has 0 saturated heterocycles. The largest absolute Gasteiger partial charge is 0.497 e. The fraction of sp³-hybridized carbons (Fsp3) is 0.357. The van der Waals surface area contributed by atoms with Gasteiger partial charge < -0.3 is 14.8 Å². The van der Waals surface area contributed by atoms with E-state index in [0.29, 0.717) is 0 Å². The maximum Gasteiger partial charge on any atom is 0.142 e. The number of methoxy groups -OCH3 is 2. The molecular weight excluding hydrogens is 260 g/mol. The third kappa shape index (κ3) is 2.98. The Labute approximate surface area is 117 Å². The van der Waals surface area contributed by atoms with Gasteiger partial charge in [0.05, 0.1) is 37.2 Å². The van der Waals surface area contributed by atoms with E-state index in [1.165, 1.54) is 4.88 Å². The van der Waals surface area contributed by atoms with Crippen molar-refractivity contribution in [3.05, 3.63) is 34.3 Å². The van der Waals surface area contributed by atoms with E-state index in [1.807, 2.05) is 30.6 Å². The van der Waals surface area contributed by atoms with Gasteiger partial charge in [-0.15, -0.1) is 11.3 Å². The topological polar surface area (TPSA) is 43.4 Å². The molecule has 1 atom stereocenters. The van der Waals surface area contributed by atoms with E-state index in [1.54, 1.807) is 25.6 Å². The van der Waals surface area contributed by atoms with E-state index in [0.717, 1.165) is 22.9 Å². The summed E-state index contributed by atoms with van der Waals surface area (Å²) in [6.07, 6.45) is 0. The summed E-state index contributed by atoms with van der Waals surface area (Å²) in [6.45, 7) is 4.13. The van der Waals surface area contributed by atoms with Crippen LogP contribution in [0.15, 0.2) is 23.7 Å². The van der Waals surface area contributed by atoms with Gasteiger partial charge >= 0.3 is 0 Å². The van der Waals surface area contributed by atoms with Crippen molar-refractivity contribution in [1.29, 1.82) is 0 Å². The second-order valence-electron chi connectivity index (χ2n) is 4.23. The summed E-state index contributed by atoms with van der Waals surface area (Å²) in [5.41, 5.74) is 3.85. The fourth-order valence-electron chi connectivity index (χ4n) is 1.95. The van der Waals surface area contributed by atoms with Crippen molar-refractivity contribution < 1.29 is 9.47 Å². The van der Waals surface area contributed by atoms with Crippen LogP contribution in [0.1, 0.15) is 23.5 Å². The molecule has 0 bridgehead atoms. The number of hydrogen-bond donors (Lipinski definition) is 1. The van der Waals surface area contributed by atoms with E-state index in [2.05, 4.69) is 17.2 Å². The predicted octanol–water partition coefficient (Wildman–Crippen LogP) is 3.64. The Morgan fingerprint density at radius 1 is 1.26 bits per heavy atom. The van der Waals surface area contributed by atoms with Crippen LogP contribution in [0.4, 0.5) is 5.69 Å². The molecule has 5 heteroatoms. The molecule has 0 spiro atoms. The number of nitrogens with zero attached hydrogens (tertiary/aromatic N) is 1. The highest BCUT2D eigenvalue weighted by atomic mass is 32.1. The van der Waals surface area contributed by atoms with Crippen LogP contribution in [0, 0.1) is 6.92 Å². The first-order valence-corrected chi connectivity index (χ1v) is 6.92. The molecular formula is C14H18N2O2S. The molecule has 1 unspecified atom stereocenters. The van der Waals surface area contributed by atoms with Crippen LogP contribution < -0.4 is 14.8 Å². The van der Waals surface area contributed by atoms with Gasteiger partial charge in [-0.1, -0.05) is 0 Å². The highest BCUT2D eigenvalue weighted by molar-refractivity contribution is 7.09. The van der Waals surface area contributed by atoms with E-state index < -0.39 is 0 Å². The van der Waals surface area contributed by atoms with E-state index in [9.17, 15) is 0 Å². The van der Waals surface area contributed by atoms with Gasteiger partial charge in [-0.25, -0.2) is 4.98 Å². The Morgan fingerprint density at radius 3 is 2.63 bits per heavy atom. The molecule has 1 aromatic carbocycles. The van der Waals surface area contributed by atoms with Gasteiger partial charge in [0.1, 0.15) is 11.5 Å². The first-order valence-electron chi connectivity index (χ1n) is 6.04. The van der Waals surface area contributed by atoms with Crippen molar-refractivity contribution in [3.8, 4) is 11.5 Å². The number of aromatic nitrogens is 1. The first kappa shape index (κ1) is 13.7. The monoisotopic (exact) mass is 278 g/mol. The standard InChI is InChI=1S/C14H18N2O2S/c1-9-14(19-8-15-9)10(2)16-12-7-11(17-3)5-6-13(12)18-4/h5-8,10,16H,1-4H3. The third-order valence-electron chi connectivity index (χ3n) is 2.95.